The number of aliphatic hydroxyl groups excluding tert-OH is 1. The van der Waals surface area contributed by atoms with Crippen LogP contribution in [0.15, 0.2) is 36.4 Å². The van der Waals surface area contributed by atoms with Crippen LogP contribution in [0.5, 0.6) is 0 Å². The molecule has 0 unspecified atom stereocenters. The van der Waals surface area contributed by atoms with Crippen LogP contribution in [0, 0.1) is 27.7 Å². The number of aryl methyl sites for hydroxylation is 4. The average molecular weight is 384 g/mol. The zero-order valence-electron chi connectivity index (χ0n) is 16.8. The summed E-state index contributed by atoms with van der Waals surface area (Å²) in [7, 11) is 0. The molecule has 0 amide bonds. The lowest BCUT2D eigenvalue weighted by Crippen LogP contribution is -2.55. The molecule has 2 heterocycles. The fourth-order valence-corrected chi connectivity index (χ4v) is 3.72. The van der Waals surface area contributed by atoms with Crippen LogP contribution < -0.4 is 0 Å². The smallest absolute Gasteiger partial charge is 0.184 e. The number of ether oxygens (including phenoxy) is 4. The lowest BCUT2D eigenvalue weighted by atomic mass is 10.0. The maximum Gasteiger partial charge on any atom is 0.184 e. The van der Waals surface area contributed by atoms with Gasteiger partial charge >= 0.3 is 0 Å². The molecule has 0 radical (unpaired) electrons. The minimum atomic E-state index is -0.539. The van der Waals surface area contributed by atoms with Gasteiger partial charge in [0.25, 0.3) is 0 Å². The molecule has 5 heteroatoms. The van der Waals surface area contributed by atoms with Crippen molar-refractivity contribution >= 4 is 0 Å². The summed E-state index contributed by atoms with van der Waals surface area (Å²) in [4.78, 5) is 0. The summed E-state index contributed by atoms with van der Waals surface area (Å²) in [5, 5.41) is 9.93. The molecule has 2 saturated heterocycles. The maximum atomic E-state index is 9.93. The van der Waals surface area contributed by atoms with Gasteiger partial charge in [0, 0.05) is 11.1 Å². The normalized spacial score (nSPS) is 30.1. The summed E-state index contributed by atoms with van der Waals surface area (Å²) in [5.41, 5.74) is 6.73. The SMILES string of the molecule is Cc1ccc([C@H]2OC[C@@H]3O[C@H](c4ccc(C)c(C)c4)O[C@H](CO)[C@@H]3O2)cc1C. The molecule has 5 nitrogen and oxygen atoms in total. The second-order valence-electron chi connectivity index (χ2n) is 7.82. The van der Waals surface area contributed by atoms with Crippen LogP contribution in [0.1, 0.15) is 46.0 Å². The highest BCUT2D eigenvalue weighted by Crippen LogP contribution is 2.38. The highest BCUT2D eigenvalue weighted by molar-refractivity contribution is 5.32. The van der Waals surface area contributed by atoms with Gasteiger partial charge in [0.2, 0.25) is 0 Å². The summed E-state index contributed by atoms with van der Waals surface area (Å²) in [6.45, 7) is 8.55. The Balaban J connectivity index is 1.52. The van der Waals surface area contributed by atoms with Crippen molar-refractivity contribution in [3.8, 4) is 0 Å². The van der Waals surface area contributed by atoms with Crippen LogP contribution in [0.3, 0.4) is 0 Å². The summed E-state index contributed by atoms with van der Waals surface area (Å²) in [6, 6.07) is 12.3. The van der Waals surface area contributed by atoms with E-state index in [4.69, 9.17) is 18.9 Å². The van der Waals surface area contributed by atoms with E-state index in [1.54, 1.807) is 0 Å². The van der Waals surface area contributed by atoms with Crippen LogP contribution >= 0.6 is 0 Å². The van der Waals surface area contributed by atoms with Gasteiger partial charge < -0.3 is 24.1 Å². The van der Waals surface area contributed by atoms with Gasteiger partial charge in [-0.1, -0.05) is 36.4 Å². The van der Waals surface area contributed by atoms with Gasteiger partial charge in [0.15, 0.2) is 12.6 Å². The van der Waals surface area contributed by atoms with Crippen molar-refractivity contribution in [3.05, 3.63) is 69.8 Å². The molecule has 2 aromatic rings. The van der Waals surface area contributed by atoms with Crippen molar-refractivity contribution in [1.82, 2.24) is 0 Å². The van der Waals surface area contributed by atoms with Crippen LogP contribution in [-0.2, 0) is 18.9 Å². The zero-order valence-corrected chi connectivity index (χ0v) is 16.8. The quantitative estimate of drug-likeness (QED) is 0.872. The van der Waals surface area contributed by atoms with Gasteiger partial charge in [-0.05, 0) is 49.9 Å². The minimum Gasteiger partial charge on any atom is -0.394 e. The number of fused-ring (bicyclic) bond motifs is 1. The van der Waals surface area contributed by atoms with Gasteiger partial charge in [-0.15, -0.1) is 0 Å². The molecule has 1 N–H and O–H groups in total. The molecule has 2 aliphatic heterocycles. The molecule has 28 heavy (non-hydrogen) atoms. The standard InChI is InChI=1S/C23H28O5/c1-13-5-7-17(9-15(13)3)22-25-12-20-21(28-22)19(11-24)26-23(27-20)18-8-6-14(2)16(4)10-18/h5-10,19-24H,11-12H2,1-4H3/t19-,20+,21+,22+,23-/m1/s1. The lowest BCUT2D eigenvalue weighted by Gasteiger charge is -2.45. The Labute approximate surface area is 166 Å². The fraction of sp³-hybridized carbons (Fsp3) is 0.478. The first kappa shape index (κ1) is 19.6. The molecule has 2 aromatic carbocycles. The summed E-state index contributed by atoms with van der Waals surface area (Å²) < 4.78 is 24.3. The van der Waals surface area contributed by atoms with Crippen LogP contribution in [0.25, 0.3) is 0 Å². The Morgan fingerprint density at radius 2 is 1.39 bits per heavy atom. The van der Waals surface area contributed by atoms with Crippen molar-refractivity contribution < 1.29 is 24.1 Å². The van der Waals surface area contributed by atoms with Gasteiger partial charge in [0.05, 0.1) is 13.2 Å². The molecule has 0 aromatic heterocycles. The lowest BCUT2D eigenvalue weighted by molar-refractivity contribution is -0.366. The molecular weight excluding hydrogens is 356 g/mol. The minimum absolute atomic E-state index is 0.133. The zero-order chi connectivity index (χ0) is 19.8. The van der Waals surface area contributed by atoms with E-state index in [9.17, 15) is 5.11 Å². The van der Waals surface area contributed by atoms with Crippen LogP contribution in [0.2, 0.25) is 0 Å². The Bertz CT molecular complexity index is 841. The molecule has 0 bridgehead atoms. The topological polar surface area (TPSA) is 57.2 Å². The van der Waals surface area contributed by atoms with E-state index in [0.29, 0.717) is 6.61 Å². The average Bonchev–Trinajstić information content (AvgIpc) is 2.70. The molecular formula is C23H28O5. The third kappa shape index (κ3) is 3.73. The largest absolute Gasteiger partial charge is 0.394 e. The molecule has 2 aliphatic rings. The first-order valence-corrected chi connectivity index (χ1v) is 9.79. The molecule has 150 valence electrons. The van der Waals surface area contributed by atoms with Crippen molar-refractivity contribution in [2.24, 2.45) is 0 Å². The van der Waals surface area contributed by atoms with E-state index in [2.05, 4.69) is 52.0 Å². The number of rotatable bonds is 3. The van der Waals surface area contributed by atoms with E-state index >= 15 is 0 Å². The van der Waals surface area contributed by atoms with Crippen molar-refractivity contribution in [2.45, 2.75) is 58.6 Å². The van der Waals surface area contributed by atoms with E-state index in [1.807, 2.05) is 12.1 Å². The number of aliphatic hydroxyl groups is 1. The molecule has 4 rings (SSSR count). The molecule has 2 fully saturated rings. The van der Waals surface area contributed by atoms with Gasteiger partial charge in [-0.25, -0.2) is 0 Å². The Hall–Kier alpha value is -1.76. The van der Waals surface area contributed by atoms with E-state index in [1.165, 1.54) is 22.3 Å². The van der Waals surface area contributed by atoms with E-state index < -0.39 is 18.7 Å². The monoisotopic (exact) mass is 384 g/mol. The van der Waals surface area contributed by atoms with Crippen molar-refractivity contribution in [3.63, 3.8) is 0 Å². The van der Waals surface area contributed by atoms with Crippen LogP contribution in [-0.4, -0.2) is 36.6 Å². The second-order valence-corrected chi connectivity index (χ2v) is 7.82. The van der Waals surface area contributed by atoms with E-state index in [-0.39, 0.29) is 18.8 Å². The highest BCUT2D eigenvalue weighted by Gasteiger charge is 2.45. The van der Waals surface area contributed by atoms with Crippen LogP contribution in [0.4, 0.5) is 0 Å². The third-order valence-corrected chi connectivity index (χ3v) is 5.81. The second kappa shape index (κ2) is 7.93. The highest BCUT2D eigenvalue weighted by atomic mass is 16.8. The van der Waals surface area contributed by atoms with Gasteiger partial charge in [0.1, 0.15) is 18.3 Å². The predicted molar refractivity (Wildman–Crippen MR) is 105 cm³/mol. The number of benzene rings is 2. The predicted octanol–water partition coefficient (Wildman–Crippen LogP) is 3.81. The summed E-state index contributed by atoms with van der Waals surface area (Å²) >= 11 is 0. The number of hydrogen-bond acceptors (Lipinski definition) is 5. The first-order chi connectivity index (χ1) is 13.5. The molecule has 0 spiro atoms. The Kier molecular flexibility index (Phi) is 5.54. The molecule has 0 saturated carbocycles. The maximum absolute atomic E-state index is 9.93. The Morgan fingerprint density at radius 1 is 0.786 bits per heavy atom. The first-order valence-electron chi connectivity index (χ1n) is 9.79. The van der Waals surface area contributed by atoms with Gasteiger partial charge in [-0.3, -0.25) is 0 Å². The van der Waals surface area contributed by atoms with Crippen molar-refractivity contribution in [2.75, 3.05) is 13.2 Å². The fourth-order valence-electron chi connectivity index (χ4n) is 3.72. The summed E-state index contributed by atoms with van der Waals surface area (Å²) in [5.74, 6) is 0. The third-order valence-electron chi connectivity index (χ3n) is 5.81. The molecule has 0 aliphatic carbocycles. The summed E-state index contributed by atoms with van der Waals surface area (Å²) in [6.07, 6.45) is -2.17. The molecule has 5 atom stereocenters. The van der Waals surface area contributed by atoms with Crippen molar-refractivity contribution in [1.29, 1.82) is 0 Å². The van der Waals surface area contributed by atoms with E-state index in [0.717, 1.165) is 11.1 Å². The number of hydrogen-bond donors (Lipinski definition) is 1. The van der Waals surface area contributed by atoms with Gasteiger partial charge in [-0.2, -0.15) is 0 Å². The Morgan fingerprint density at radius 3 is 1.96 bits per heavy atom.